The maximum atomic E-state index is 12.9. The zero-order valence-corrected chi connectivity index (χ0v) is 20.3. The lowest BCUT2D eigenvalue weighted by Gasteiger charge is -2.13. The Kier molecular flexibility index (Phi) is 6.33. The Morgan fingerprint density at radius 3 is 2.37 bits per heavy atom. The molecule has 1 atom stereocenters. The molecule has 0 aliphatic carbocycles. The van der Waals surface area contributed by atoms with Crippen molar-refractivity contribution in [2.24, 2.45) is 0 Å². The Labute approximate surface area is 207 Å². The van der Waals surface area contributed by atoms with Gasteiger partial charge in [0.05, 0.1) is 11.5 Å². The summed E-state index contributed by atoms with van der Waals surface area (Å²) in [5, 5.41) is 7.87. The summed E-state index contributed by atoms with van der Waals surface area (Å²) in [6.07, 6.45) is 1.46. The molecule has 35 heavy (non-hydrogen) atoms. The molecule has 5 aromatic rings. The lowest BCUT2D eigenvalue weighted by molar-refractivity contribution is -0.115. The molecule has 0 aliphatic heterocycles. The van der Waals surface area contributed by atoms with Crippen LogP contribution >= 0.6 is 11.8 Å². The first-order valence-corrected chi connectivity index (χ1v) is 12.3. The fraction of sp³-hybridized carbons (Fsp3) is 0.143. The first-order valence-electron chi connectivity index (χ1n) is 11.5. The summed E-state index contributed by atoms with van der Waals surface area (Å²) < 4.78 is 7.40. The van der Waals surface area contributed by atoms with Gasteiger partial charge in [-0.3, -0.25) is 9.59 Å². The molecule has 0 aliphatic rings. The molecule has 5 rings (SSSR count). The summed E-state index contributed by atoms with van der Waals surface area (Å²) >= 11 is 1.46. The van der Waals surface area contributed by atoms with Crippen LogP contribution in [-0.2, 0) is 11.3 Å². The number of furan rings is 1. The van der Waals surface area contributed by atoms with Gasteiger partial charge in [-0.1, -0.05) is 18.2 Å². The minimum atomic E-state index is -0.304. The van der Waals surface area contributed by atoms with Crippen LogP contribution in [0.5, 0.6) is 0 Å². The molecule has 0 saturated carbocycles. The minimum absolute atomic E-state index is 0.0659. The van der Waals surface area contributed by atoms with E-state index in [4.69, 9.17) is 4.42 Å². The number of aryl methyl sites for hydroxylation is 1. The Hall–Kier alpha value is -3.97. The quantitative estimate of drug-likeness (QED) is 0.250. The lowest BCUT2D eigenvalue weighted by Crippen LogP contribution is -2.22. The number of rotatable bonds is 7. The van der Waals surface area contributed by atoms with Crippen LogP contribution in [0.3, 0.4) is 0 Å². The Morgan fingerprint density at radius 1 is 0.886 bits per heavy atom. The monoisotopic (exact) mass is 483 g/mol. The zero-order valence-electron chi connectivity index (χ0n) is 19.4. The fourth-order valence-electron chi connectivity index (χ4n) is 4.19. The highest BCUT2D eigenvalue weighted by atomic mass is 32.2. The molecule has 2 heterocycles. The van der Waals surface area contributed by atoms with E-state index in [0.717, 1.165) is 28.0 Å². The van der Waals surface area contributed by atoms with Crippen molar-refractivity contribution in [2.75, 3.05) is 10.6 Å². The highest BCUT2D eigenvalue weighted by Gasteiger charge is 2.16. The standard InChI is InChI=1S/C28H25N3O3S/c1-3-31-24-8-5-4-7-22(24)23-17-20(12-15-25(23)31)30-27(32)18(2)35-21-13-10-19(11-14-21)29-28(33)26-9-6-16-34-26/h4-18H,3H2,1-2H3,(H,29,33)(H,30,32). The van der Waals surface area contributed by atoms with Gasteiger partial charge in [-0.05, 0) is 74.5 Å². The van der Waals surface area contributed by atoms with Crippen molar-refractivity contribution in [2.45, 2.75) is 30.5 Å². The number of para-hydroxylation sites is 1. The molecule has 176 valence electrons. The number of amides is 2. The van der Waals surface area contributed by atoms with Crippen molar-refractivity contribution < 1.29 is 14.0 Å². The third kappa shape index (κ3) is 4.68. The summed E-state index contributed by atoms with van der Waals surface area (Å²) in [5.41, 5.74) is 3.80. The molecule has 1 unspecified atom stereocenters. The SMILES string of the molecule is CCn1c2ccccc2c2cc(NC(=O)C(C)Sc3ccc(NC(=O)c4ccco4)cc3)ccc21. The molecule has 2 amide bonds. The molecule has 0 saturated heterocycles. The van der Waals surface area contributed by atoms with E-state index in [2.05, 4.69) is 52.5 Å². The Bertz CT molecular complexity index is 1500. The van der Waals surface area contributed by atoms with E-state index in [1.54, 1.807) is 12.1 Å². The number of anilines is 2. The van der Waals surface area contributed by atoms with Crippen molar-refractivity contribution in [1.29, 1.82) is 0 Å². The van der Waals surface area contributed by atoms with E-state index < -0.39 is 0 Å². The number of carbonyl (C=O) groups is 2. The van der Waals surface area contributed by atoms with Crippen LogP contribution in [0.4, 0.5) is 11.4 Å². The normalized spacial score (nSPS) is 12.1. The average molecular weight is 484 g/mol. The molecule has 0 bridgehead atoms. The largest absolute Gasteiger partial charge is 0.459 e. The van der Waals surface area contributed by atoms with Crippen LogP contribution in [0.2, 0.25) is 0 Å². The second kappa shape index (κ2) is 9.72. The van der Waals surface area contributed by atoms with Gasteiger partial charge in [-0.15, -0.1) is 11.8 Å². The van der Waals surface area contributed by atoms with Gasteiger partial charge < -0.3 is 19.6 Å². The van der Waals surface area contributed by atoms with Crippen LogP contribution in [-0.4, -0.2) is 21.6 Å². The van der Waals surface area contributed by atoms with Crippen molar-refractivity contribution in [3.8, 4) is 0 Å². The second-order valence-corrected chi connectivity index (χ2v) is 9.61. The smallest absolute Gasteiger partial charge is 0.291 e. The predicted octanol–water partition coefficient (Wildman–Crippen LogP) is 6.78. The molecule has 0 radical (unpaired) electrons. The molecule has 7 heteroatoms. The first kappa shape index (κ1) is 22.8. The number of nitrogens with one attached hydrogen (secondary N) is 2. The van der Waals surface area contributed by atoms with E-state index in [0.29, 0.717) is 5.69 Å². The Balaban J connectivity index is 1.25. The van der Waals surface area contributed by atoms with Gasteiger partial charge in [-0.25, -0.2) is 0 Å². The van der Waals surface area contributed by atoms with Crippen molar-refractivity contribution in [3.05, 3.63) is 90.9 Å². The number of benzene rings is 3. The number of aromatic nitrogens is 1. The fourth-order valence-corrected chi connectivity index (χ4v) is 5.06. The molecule has 0 fully saturated rings. The number of carbonyl (C=O) groups excluding carboxylic acids is 2. The van der Waals surface area contributed by atoms with Gasteiger partial charge in [0, 0.05) is 44.6 Å². The zero-order chi connectivity index (χ0) is 24.4. The van der Waals surface area contributed by atoms with E-state index in [9.17, 15) is 9.59 Å². The molecular formula is C28H25N3O3S. The average Bonchev–Trinajstić information content (AvgIpc) is 3.52. The highest BCUT2D eigenvalue weighted by molar-refractivity contribution is 8.00. The van der Waals surface area contributed by atoms with Crippen LogP contribution in [0.1, 0.15) is 24.4 Å². The summed E-state index contributed by atoms with van der Waals surface area (Å²) in [4.78, 5) is 26.0. The number of nitrogens with zero attached hydrogens (tertiary/aromatic N) is 1. The third-order valence-electron chi connectivity index (χ3n) is 5.90. The number of hydrogen-bond acceptors (Lipinski definition) is 4. The van der Waals surface area contributed by atoms with E-state index >= 15 is 0 Å². The number of fused-ring (bicyclic) bond motifs is 3. The van der Waals surface area contributed by atoms with Crippen LogP contribution < -0.4 is 10.6 Å². The summed E-state index contributed by atoms with van der Waals surface area (Å²) in [7, 11) is 0. The van der Waals surface area contributed by atoms with Gasteiger partial charge in [-0.2, -0.15) is 0 Å². The highest BCUT2D eigenvalue weighted by Crippen LogP contribution is 2.32. The van der Waals surface area contributed by atoms with E-state index in [1.807, 2.05) is 43.3 Å². The predicted molar refractivity (Wildman–Crippen MR) is 142 cm³/mol. The minimum Gasteiger partial charge on any atom is -0.459 e. The maximum Gasteiger partial charge on any atom is 0.291 e. The first-order chi connectivity index (χ1) is 17.0. The number of thioether (sulfide) groups is 1. The van der Waals surface area contributed by atoms with Gasteiger partial charge in [0.2, 0.25) is 5.91 Å². The van der Waals surface area contributed by atoms with Gasteiger partial charge in [0.1, 0.15) is 0 Å². The molecule has 6 nitrogen and oxygen atoms in total. The van der Waals surface area contributed by atoms with Crippen molar-refractivity contribution in [3.63, 3.8) is 0 Å². The Morgan fingerprint density at radius 2 is 1.63 bits per heavy atom. The van der Waals surface area contributed by atoms with Gasteiger partial charge >= 0.3 is 0 Å². The van der Waals surface area contributed by atoms with Crippen LogP contribution in [0.15, 0.2) is 94.4 Å². The topological polar surface area (TPSA) is 76.3 Å². The van der Waals surface area contributed by atoms with Crippen LogP contribution in [0.25, 0.3) is 21.8 Å². The van der Waals surface area contributed by atoms with E-state index in [1.165, 1.54) is 28.9 Å². The molecule has 3 aromatic carbocycles. The molecule has 2 aromatic heterocycles. The second-order valence-electron chi connectivity index (χ2n) is 8.20. The van der Waals surface area contributed by atoms with Crippen molar-refractivity contribution in [1.82, 2.24) is 4.57 Å². The molecule has 2 N–H and O–H groups in total. The maximum absolute atomic E-state index is 12.9. The molecular weight excluding hydrogens is 458 g/mol. The lowest BCUT2D eigenvalue weighted by atomic mass is 10.1. The van der Waals surface area contributed by atoms with Gasteiger partial charge in [0.25, 0.3) is 5.91 Å². The van der Waals surface area contributed by atoms with Gasteiger partial charge in [0.15, 0.2) is 5.76 Å². The van der Waals surface area contributed by atoms with Crippen molar-refractivity contribution >= 4 is 56.8 Å². The molecule has 0 spiro atoms. The van der Waals surface area contributed by atoms with Crippen LogP contribution in [0, 0.1) is 0 Å². The summed E-state index contributed by atoms with van der Waals surface area (Å²) in [6.45, 7) is 4.91. The summed E-state index contributed by atoms with van der Waals surface area (Å²) in [6, 6.07) is 25.1. The van der Waals surface area contributed by atoms with E-state index in [-0.39, 0.29) is 22.8 Å². The summed E-state index contributed by atoms with van der Waals surface area (Å²) in [5.74, 6) is -0.114. The number of hydrogen-bond donors (Lipinski definition) is 2. The third-order valence-corrected chi connectivity index (χ3v) is 7.01.